The molecule has 0 heteroatoms. The molecule has 0 unspecified atom stereocenters. The quantitative estimate of drug-likeness (QED) is 0.123. The highest BCUT2D eigenvalue weighted by atomic mass is 14.4. The average molecular weight is 821 g/mol. The Morgan fingerprint density at radius 3 is 1.22 bits per heavy atom. The van der Waals surface area contributed by atoms with Crippen molar-refractivity contribution in [2.45, 2.75) is 92.9 Å². The summed E-state index contributed by atoms with van der Waals surface area (Å²) >= 11 is 0. The molecule has 64 heavy (non-hydrogen) atoms. The summed E-state index contributed by atoms with van der Waals surface area (Å²) in [5.74, 6) is 1.41. The summed E-state index contributed by atoms with van der Waals surface area (Å²) < 4.78 is 0. The molecular weight excluding hydrogens is 769 g/mol. The van der Waals surface area contributed by atoms with Crippen LogP contribution in [0.1, 0.15) is 112 Å². The van der Waals surface area contributed by atoms with E-state index in [9.17, 15) is 0 Å². The molecule has 0 heterocycles. The van der Waals surface area contributed by atoms with Crippen LogP contribution in [0.15, 0.2) is 109 Å². The molecule has 0 aliphatic heterocycles. The molecule has 13 aromatic carbocycles. The molecule has 1 aliphatic carbocycles. The largest absolute Gasteiger partial charge is 0.0616 e. The van der Waals surface area contributed by atoms with Gasteiger partial charge in [0.25, 0.3) is 0 Å². The molecule has 13 aromatic rings. The second-order valence-corrected chi connectivity index (χ2v) is 21.0. The summed E-state index contributed by atoms with van der Waals surface area (Å²) in [5.41, 5.74) is 14.5. The first-order valence-corrected chi connectivity index (χ1v) is 24.0. The minimum Gasteiger partial charge on any atom is -0.0616 e. The molecule has 0 spiro atoms. The molecule has 0 aromatic heterocycles. The monoisotopic (exact) mass is 820 g/mol. The van der Waals surface area contributed by atoms with Gasteiger partial charge in [-0.2, -0.15) is 0 Å². The number of fused-ring (bicyclic) bond motifs is 14. The van der Waals surface area contributed by atoms with E-state index in [0.717, 1.165) is 0 Å². The Kier molecular flexibility index (Phi) is 7.03. The molecule has 0 saturated carbocycles. The van der Waals surface area contributed by atoms with Gasteiger partial charge in [0.1, 0.15) is 0 Å². The van der Waals surface area contributed by atoms with E-state index < -0.39 is 0 Å². The molecule has 308 valence electrons. The van der Waals surface area contributed by atoms with Gasteiger partial charge < -0.3 is 0 Å². The SMILES string of the molecule is Cc1c2cc3c4ccccc4c4cccc(c2c(C)c2c1c1c(C(C)C)cc5c6cc(C(C)C)c7c8c(c(C(C)C)cc(c9cc(C(C)C)c2c1c59)c86)-c1cc2ccccc2cc1-7)c43. The lowest BCUT2D eigenvalue weighted by atomic mass is 9.79. The summed E-state index contributed by atoms with van der Waals surface area (Å²) in [4.78, 5) is 0. The second kappa shape index (κ2) is 12.2. The summed E-state index contributed by atoms with van der Waals surface area (Å²) in [6, 6.07) is 43.2. The third-order valence-corrected chi connectivity index (χ3v) is 16.4. The van der Waals surface area contributed by atoms with Gasteiger partial charge in [-0.25, -0.2) is 0 Å². The Bertz CT molecular complexity index is 4130. The van der Waals surface area contributed by atoms with Gasteiger partial charge in [0.2, 0.25) is 0 Å². The normalized spacial score (nSPS) is 13.4. The van der Waals surface area contributed by atoms with E-state index in [2.05, 4.69) is 178 Å². The van der Waals surface area contributed by atoms with Gasteiger partial charge in [-0.05, 0) is 254 Å². The number of hydrogen-bond acceptors (Lipinski definition) is 0. The maximum atomic E-state index is 2.67. The van der Waals surface area contributed by atoms with Crippen molar-refractivity contribution in [3.8, 4) is 22.3 Å². The van der Waals surface area contributed by atoms with Crippen molar-refractivity contribution in [2.75, 3.05) is 0 Å². The predicted molar refractivity (Wildman–Crippen MR) is 283 cm³/mol. The lowest BCUT2D eigenvalue weighted by Gasteiger charge is -2.24. The summed E-state index contributed by atoms with van der Waals surface area (Å²) in [6.07, 6.45) is 0. The van der Waals surface area contributed by atoms with E-state index in [1.165, 1.54) is 174 Å². The Hall–Kier alpha value is -6.50. The highest BCUT2D eigenvalue weighted by Gasteiger charge is 2.34. The molecule has 0 radical (unpaired) electrons. The highest BCUT2D eigenvalue weighted by molar-refractivity contribution is 6.47. The van der Waals surface area contributed by atoms with Gasteiger partial charge in [0.15, 0.2) is 0 Å². The Labute approximate surface area is 374 Å². The molecule has 0 saturated heterocycles. The maximum absolute atomic E-state index is 2.67. The Morgan fingerprint density at radius 2 is 0.688 bits per heavy atom. The summed E-state index contributed by atoms with van der Waals surface area (Å²) in [5, 5.41) is 31.2. The van der Waals surface area contributed by atoms with Crippen LogP contribution in [0.25, 0.3) is 141 Å². The fraction of sp³-hybridized carbons (Fsp3) is 0.219. The van der Waals surface area contributed by atoms with Crippen LogP contribution in [-0.4, -0.2) is 0 Å². The average Bonchev–Trinajstić information content (AvgIpc) is 3.93. The molecule has 1 aliphatic rings. The van der Waals surface area contributed by atoms with Gasteiger partial charge in [-0.1, -0.05) is 122 Å². The fourth-order valence-electron chi connectivity index (χ4n) is 13.6. The molecule has 14 rings (SSSR count). The van der Waals surface area contributed by atoms with Gasteiger partial charge in [0, 0.05) is 0 Å². The van der Waals surface area contributed by atoms with E-state index in [-0.39, 0.29) is 0 Å². The van der Waals surface area contributed by atoms with Crippen LogP contribution < -0.4 is 0 Å². The molecule has 0 fully saturated rings. The molecular formula is C64H52. The van der Waals surface area contributed by atoms with Crippen molar-refractivity contribution < 1.29 is 0 Å². The molecule has 0 bridgehead atoms. The van der Waals surface area contributed by atoms with Gasteiger partial charge in [0.05, 0.1) is 0 Å². The summed E-state index contributed by atoms with van der Waals surface area (Å²) in [6.45, 7) is 24.3. The van der Waals surface area contributed by atoms with Crippen LogP contribution in [0.3, 0.4) is 0 Å². The smallest absolute Gasteiger partial charge is 0.000791 e. The van der Waals surface area contributed by atoms with Crippen LogP contribution in [-0.2, 0) is 0 Å². The highest BCUT2D eigenvalue weighted by Crippen LogP contribution is 2.60. The van der Waals surface area contributed by atoms with E-state index >= 15 is 0 Å². The number of hydrogen-bond donors (Lipinski definition) is 0. The molecule has 0 atom stereocenters. The zero-order valence-electron chi connectivity index (χ0n) is 38.7. The first-order valence-electron chi connectivity index (χ1n) is 24.0. The minimum absolute atomic E-state index is 0.338. The van der Waals surface area contributed by atoms with Crippen molar-refractivity contribution in [2.24, 2.45) is 0 Å². The van der Waals surface area contributed by atoms with Gasteiger partial charge in [-0.3, -0.25) is 0 Å². The molecule has 0 nitrogen and oxygen atoms in total. The van der Waals surface area contributed by atoms with Crippen LogP contribution in [0, 0.1) is 13.8 Å². The van der Waals surface area contributed by atoms with Crippen molar-refractivity contribution >= 4 is 118 Å². The zero-order valence-corrected chi connectivity index (χ0v) is 38.7. The van der Waals surface area contributed by atoms with Crippen LogP contribution in [0.5, 0.6) is 0 Å². The third kappa shape index (κ3) is 4.23. The Balaban J connectivity index is 1.25. The van der Waals surface area contributed by atoms with Crippen molar-refractivity contribution in [3.05, 3.63) is 143 Å². The maximum Gasteiger partial charge on any atom is -0.000791 e. The van der Waals surface area contributed by atoms with Crippen LogP contribution in [0.2, 0.25) is 0 Å². The number of aryl methyl sites for hydroxylation is 2. The summed E-state index contributed by atoms with van der Waals surface area (Å²) in [7, 11) is 0. The van der Waals surface area contributed by atoms with Crippen LogP contribution >= 0.6 is 0 Å². The standard InChI is InChI=1S/C64H52/c1-29(2)41-24-49-51-26-43(31(5)6)61-54-33(9)45-28-48-38-19-14-13-18-37(38)39-20-15-21-40(56(39)48)53(45)34(10)55(54)62-44(32(7)8)27-52(60(51)64(61)62)50-25-42(30(3)4)58-47-23-36-17-12-11-16-35(36)22-46(47)57(41)63(58)59(49)50/h11-32H,1-10H3. The topological polar surface area (TPSA) is 0 Å². The third-order valence-electron chi connectivity index (χ3n) is 16.4. The van der Waals surface area contributed by atoms with E-state index in [0.29, 0.717) is 23.7 Å². The van der Waals surface area contributed by atoms with Gasteiger partial charge >= 0.3 is 0 Å². The van der Waals surface area contributed by atoms with Crippen molar-refractivity contribution in [1.82, 2.24) is 0 Å². The van der Waals surface area contributed by atoms with Crippen molar-refractivity contribution in [1.29, 1.82) is 0 Å². The lowest BCUT2D eigenvalue weighted by molar-refractivity contribution is 0.871. The van der Waals surface area contributed by atoms with Crippen LogP contribution in [0.4, 0.5) is 0 Å². The van der Waals surface area contributed by atoms with E-state index in [1.807, 2.05) is 0 Å². The number of rotatable bonds is 4. The van der Waals surface area contributed by atoms with Gasteiger partial charge in [-0.15, -0.1) is 0 Å². The minimum atomic E-state index is 0.338. The fourth-order valence-corrected chi connectivity index (χ4v) is 13.6. The first kappa shape index (κ1) is 36.9. The molecule has 0 amide bonds. The predicted octanol–water partition coefficient (Wildman–Crippen LogP) is 19.4. The van der Waals surface area contributed by atoms with E-state index in [4.69, 9.17) is 0 Å². The van der Waals surface area contributed by atoms with E-state index in [1.54, 1.807) is 0 Å². The zero-order chi connectivity index (χ0) is 43.5. The lowest BCUT2D eigenvalue weighted by Crippen LogP contribution is -1.99. The van der Waals surface area contributed by atoms with Crippen molar-refractivity contribution in [3.63, 3.8) is 0 Å². The first-order chi connectivity index (χ1) is 30.9. The Morgan fingerprint density at radius 1 is 0.266 bits per heavy atom. The molecule has 0 N–H and O–H groups in total. The second-order valence-electron chi connectivity index (χ2n) is 21.0. The number of benzene rings is 11.